The summed E-state index contributed by atoms with van der Waals surface area (Å²) < 4.78 is 4.27. The van der Waals surface area contributed by atoms with Crippen molar-refractivity contribution in [1.82, 2.24) is 0 Å². The van der Waals surface area contributed by atoms with Crippen LogP contribution in [0.15, 0.2) is 0 Å². The van der Waals surface area contributed by atoms with Gasteiger partial charge >= 0.3 is 0 Å². The number of rotatable bonds is 2. The molecule has 1 N–H and O–H groups in total. The van der Waals surface area contributed by atoms with E-state index in [4.69, 9.17) is 5.11 Å². The van der Waals surface area contributed by atoms with Crippen LogP contribution in [0.3, 0.4) is 0 Å². The van der Waals surface area contributed by atoms with Gasteiger partial charge in [-0.1, -0.05) is 13.3 Å². The lowest BCUT2D eigenvalue weighted by molar-refractivity contribution is -0.0410. The van der Waals surface area contributed by atoms with Gasteiger partial charge in [0.15, 0.2) is 0 Å². The fourth-order valence-electron chi connectivity index (χ4n) is 0.162. The SMILES string of the molecule is C#COC(O)CC. The smallest absolute Gasteiger partial charge is 0.207 e. The first-order valence-corrected chi connectivity index (χ1v) is 2.10. The molecule has 40 valence electrons. The molecule has 2 heteroatoms. The number of aliphatic hydroxyl groups excluding tert-OH is 1. The van der Waals surface area contributed by atoms with Gasteiger partial charge in [0.25, 0.3) is 0 Å². The molecule has 0 fully saturated rings. The van der Waals surface area contributed by atoms with Crippen LogP contribution in [-0.2, 0) is 4.74 Å². The molecule has 0 aliphatic rings. The van der Waals surface area contributed by atoms with Gasteiger partial charge in [-0.3, -0.25) is 0 Å². The predicted molar refractivity (Wildman–Crippen MR) is 26.2 cm³/mol. The molecule has 0 spiro atoms. The molecule has 0 aliphatic carbocycles. The Morgan fingerprint density at radius 2 is 2.57 bits per heavy atom. The summed E-state index contributed by atoms with van der Waals surface area (Å²) in [7, 11) is 0. The van der Waals surface area contributed by atoms with Crippen LogP contribution in [0.2, 0.25) is 0 Å². The molecule has 0 aliphatic heterocycles. The van der Waals surface area contributed by atoms with Crippen LogP contribution >= 0.6 is 0 Å². The third-order valence-corrected chi connectivity index (χ3v) is 0.553. The fraction of sp³-hybridized carbons (Fsp3) is 0.600. The highest BCUT2D eigenvalue weighted by molar-refractivity contribution is 4.68. The van der Waals surface area contributed by atoms with E-state index in [0.717, 1.165) is 0 Å². The molecule has 2 nitrogen and oxygen atoms in total. The lowest BCUT2D eigenvalue weighted by atomic mass is 10.5. The zero-order chi connectivity index (χ0) is 5.70. The maximum absolute atomic E-state index is 8.49. The Kier molecular flexibility index (Phi) is 3.17. The lowest BCUT2D eigenvalue weighted by Crippen LogP contribution is -2.04. The number of aliphatic hydroxyl groups is 1. The molecule has 0 aromatic carbocycles. The summed E-state index contributed by atoms with van der Waals surface area (Å²) in [6.07, 6.45) is 6.29. The van der Waals surface area contributed by atoms with E-state index in [1.165, 1.54) is 0 Å². The van der Waals surface area contributed by atoms with Crippen molar-refractivity contribution in [3.05, 3.63) is 0 Å². The van der Waals surface area contributed by atoms with E-state index in [-0.39, 0.29) is 0 Å². The van der Waals surface area contributed by atoms with E-state index < -0.39 is 6.29 Å². The number of terminal acetylenes is 1. The zero-order valence-corrected chi connectivity index (χ0v) is 4.22. The molecular formula is C5H8O2. The first-order valence-electron chi connectivity index (χ1n) is 2.10. The highest BCUT2D eigenvalue weighted by atomic mass is 16.6. The van der Waals surface area contributed by atoms with Crippen molar-refractivity contribution in [3.8, 4) is 12.5 Å². The summed E-state index contributed by atoms with van der Waals surface area (Å²) in [6, 6.07) is 0. The van der Waals surface area contributed by atoms with Gasteiger partial charge in [-0.15, -0.1) is 0 Å². The monoisotopic (exact) mass is 100 g/mol. The van der Waals surface area contributed by atoms with Crippen molar-refractivity contribution in [1.29, 1.82) is 0 Å². The molecule has 7 heavy (non-hydrogen) atoms. The molecule has 0 aromatic rings. The number of hydrogen-bond donors (Lipinski definition) is 1. The van der Waals surface area contributed by atoms with E-state index in [0.29, 0.717) is 6.42 Å². The average molecular weight is 100 g/mol. The first kappa shape index (κ1) is 6.32. The van der Waals surface area contributed by atoms with Crippen molar-refractivity contribution in [2.75, 3.05) is 0 Å². The van der Waals surface area contributed by atoms with Gasteiger partial charge in [-0.05, 0) is 0 Å². The second-order valence-corrected chi connectivity index (χ2v) is 1.10. The summed E-state index contributed by atoms with van der Waals surface area (Å²) in [5, 5.41) is 8.49. The zero-order valence-electron chi connectivity index (χ0n) is 4.22. The third kappa shape index (κ3) is 3.14. The molecule has 0 heterocycles. The molecule has 1 atom stereocenters. The van der Waals surface area contributed by atoms with Gasteiger partial charge in [-0.2, -0.15) is 0 Å². The Morgan fingerprint density at radius 1 is 2.00 bits per heavy atom. The van der Waals surface area contributed by atoms with Crippen molar-refractivity contribution in [2.24, 2.45) is 0 Å². The van der Waals surface area contributed by atoms with E-state index >= 15 is 0 Å². The van der Waals surface area contributed by atoms with Crippen LogP contribution in [0, 0.1) is 12.5 Å². The fourth-order valence-corrected chi connectivity index (χ4v) is 0.162. The minimum atomic E-state index is -0.787. The van der Waals surface area contributed by atoms with Crippen molar-refractivity contribution < 1.29 is 9.84 Å². The Bertz CT molecular complexity index is 72.6. The number of ether oxygens (including phenoxy) is 1. The number of hydrogen-bond acceptors (Lipinski definition) is 2. The molecule has 1 unspecified atom stereocenters. The van der Waals surface area contributed by atoms with Gasteiger partial charge in [0.2, 0.25) is 6.29 Å². The minimum Gasteiger partial charge on any atom is -0.415 e. The molecule has 0 rings (SSSR count). The molecule has 0 bridgehead atoms. The van der Waals surface area contributed by atoms with Crippen LogP contribution < -0.4 is 0 Å². The average Bonchev–Trinajstić information content (AvgIpc) is 1.68. The second-order valence-electron chi connectivity index (χ2n) is 1.10. The van der Waals surface area contributed by atoms with Gasteiger partial charge < -0.3 is 9.84 Å². The molecule has 0 saturated carbocycles. The molecular weight excluding hydrogens is 92.1 g/mol. The molecule has 0 aromatic heterocycles. The molecule has 0 radical (unpaired) electrons. The van der Waals surface area contributed by atoms with Gasteiger partial charge in [0.1, 0.15) is 6.11 Å². The van der Waals surface area contributed by atoms with E-state index in [1.54, 1.807) is 6.92 Å². The van der Waals surface area contributed by atoms with Crippen LogP contribution in [0.4, 0.5) is 0 Å². The topological polar surface area (TPSA) is 29.5 Å². The maximum atomic E-state index is 8.49. The van der Waals surface area contributed by atoms with Gasteiger partial charge in [0.05, 0.1) is 0 Å². The van der Waals surface area contributed by atoms with Crippen molar-refractivity contribution in [3.63, 3.8) is 0 Å². The first-order chi connectivity index (χ1) is 3.31. The summed E-state index contributed by atoms with van der Waals surface area (Å²) >= 11 is 0. The highest BCUT2D eigenvalue weighted by Crippen LogP contribution is 1.87. The van der Waals surface area contributed by atoms with Crippen molar-refractivity contribution >= 4 is 0 Å². The summed E-state index contributed by atoms with van der Waals surface area (Å²) in [4.78, 5) is 0. The normalized spacial score (nSPS) is 12.1. The highest BCUT2D eigenvalue weighted by Gasteiger charge is 1.93. The summed E-state index contributed by atoms with van der Waals surface area (Å²) in [5.74, 6) is 0. The third-order valence-electron chi connectivity index (χ3n) is 0.553. The summed E-state index contributed by atoms with van der Waals surface area (Å²) in [5.41, 5.74) is 0. The van der Waals surface area contributed by atoms with Gasteiger partial charge in [-0.25, -0.2) is 0 Å². The largest absolute Gasteiger partial charge is 0.415 e. The predicted octanol–water partition coefficient (Wildman–Crippen LogP) is 0.322. The Morgan fingerprint density at radius 3 is 2.71 bits per heavy atom. The molecule has 0 saturated heterocycles. The van der Waals surface area contributed by atoms with E-state index in [2.05, 4.69) is 11.2 Å². The van der Waals surface area contributed by atoms with E-state index in [1.807, 2.05) is 6.11 Å². The van der Waals surface area contributed by atoms with Crippen LogP contribution in [0.1, 0.15) is 13.3 Å². The van der Waals surface area contributed by atoms with Gasteiger partial charge in [0, 0.05) is 6.42 Å². The van der Waals surface area contributed by atoms with Crippen LogP contribution in [0.5, 0.6) is 0 Å². The van der Waals surface area contributed by atoms with Crippen LogP contribution in [0.25, 0.3) is 0 Å². The minimum absolute atomic E-state index is 0.532. The maximum Gasteiger partial charge on any atom is 0.207 e. The van der Waals surface area contributed by atoms with Crippen molar-refractivity contribution in [2.45, 2.75) is 19.6 Å². The summed E-state index contributed by atoms with van der Waals surface area (Å²) in [6.45, 7) is 1.78. The standard InChI is InChI=1S/C5H8O2/c1-3-5(6)7-4-2/h2,5-6H,3H2,1H3. The second kappa shape index (κ2) is 3.51. The Labute approximate surface area is 43.1 Å². The Balaban J connectivity index is 3.03. The van der Waals surface area contributed by atoms with Crippen LogP contribution in [-0.4, -0.2) is 11.4 Å². The van der Waals surface area contributed by atoms with E-state index in [9.17, 15) is 0 Å². The lowest BCUT2D eigenvalue weighted by Gasteiger charge is -2.00. The Hall–Kier alpha value is -0.680. The molecule has 0 amide bonds. The quantitative estimate of drug-likeness (QED) is 0.400.